The molecule has 2 aromatic heterocycles. The number of hydrogen-bond donors (Lipinski definition) is 1. The van der Waals surface area contributed by atoms with Gasteiger partial charge in [-0.2, -0.15) is 0 Å². The fraction of sp³-hybridized carbons (Fsp3) is 0.455. The summed E-state index contributed by atoms with van der Waals surface area (Å²) < 4.78 is 5.83. The van der Waals surface area contributed by atoms with Gasteiger partial charge in [0.15, 0.2) is 0 Å². The Bertz CT molecular complexity index is 1320. The Kier molecular flexibility index (Phi) is 14.3. The molecule has 1 N–H and O–H groups in total. The summed E-state index contributed by atoms with van der Waals surface area (Å²) in [6.45, 7) is 10.7. The number of benzene rings is 1. The number of anilines is 2. The number of pyridine rings is 1. The minimum absolute atomic E-state index is 0.136. The normalized spacial score (nSPS) is 17.2. The van der Waals surface area contributed by atoms with Crippen LogP contribution < -0.4 is 10.1 Å². The number of thioether (sulfide) groups is 1. The first-order valence-corrected chi connectivity index (χ1v) is 16.2. The van der Waals surface area contributed by atoms with E-state index in [4.69, 9.17) is 16.3 Å². The highest BCUT2D eigenvalue weighted by atomic mass is 35.5. The van der Waals surface area contributed by atoms with E-state index in [-0.39, 0.29) is 5.91 Å². The van der Waals surface area contributed by atoms with Gasteiger partial charge in [0, 0.05) is 49.3 Å². The minimum Gasteiger partial charge on any atom is -0.486 e. The Hall–Kier alpha value is -3.14. The Morgan fingerprint density at radius 2 is 2.02 bits per heavy atom. The molecule has 0 spiro atoms. The maximum atomic E-state index is 12.0. The molecule has 0 radical (unpaired) electrons. The summed E-state index contributed by atoms with van der Waals surface area (Å²) in [6.07, 6.45) is 10.7. The molecular formula is C33H45ClN6O2S. The predicted molar refractivity (Wildman–Crippen MR) is 179 cm³/mol. The molecule has 1 fully saturated rings. The van der Waals surface area contributed by atoms with E-state index in [0.717, 1.165) is 60.3 Å². The first-order chi connectivity index (χ1) is 20.8. The molecule has 4 heterocycles. The van der Waals surface area contributed by atoms with Crippen LogP contribution in [0.25, 0.3) is 0 Å². The minimum atomic E-state index is 0.136. The fourth-order valence-corrected chi connectivity index (χ4v) is 6.49. The third-order valence-electron chi connectivity index (χ3n) is 6.97. The first kappa shape index (κ1) is 34.4. The van der Waals surface area contributed by atoms with Crippen LogP contribution in [0.1, 0.15) is 64.1 Å². The molecule has 2 aliphatic rings. The molecule has 3 aromatic rings. The maximum Gasteiger partial charge on any atom is 0.219 e. The van der Waals surface area contributed by atoms with Gasteiger partial charge in [0.25, 0.3) is 0 Å². The molecule has 232 valence electrons. The lowest BCUT2D eigenvalue weighted by molar-refractivity contribution is -0.128. The first-order valence-electron chi connectivity index (χ1n) is 15.0. The van der Waals surface area contributed by atoms with Crippen LogP contribution in [0, 0.1) is 0 Å². The number of rotatable bonds is 8. The van der Waals surface area contributed by atoms with Gasteiger partial charge in [0.2, 0.25) is 5.91 Å². The van der Waals surface area contributed by atoms with Crippen LogP contribution in [-0.2, 0) is 11.4 Å². The summed E-state index contributed by atoms with van der Waals surface area (Å²) in [6, 6.07) is 11.3. The average Bonchev–Trinajstić information content (AvgIpc) is 3.17. The number of ether oxygens (including phenoxy) is 1. The van der Waals surface area contributed by atoms with Gasteiger partial charge in [-0.15, -0.1) is 11.8 Å². The van der Waals surface area contributed by atoms with E-state index in [9.17, 15) is 4.79 Å². The topological polar surface area (TPSA) is 83.5 Å². The second-order valence-corrected chi connectivity index (χ2v) is 12.1. The predicted octanol–water partition coefficient (Wildman–Crippen LogP) is 7.59. The zero-order chi connectivity index (χ0) is 31.2. The standard InChI is InChI=1S/C24H24ClN5O2S.C7H15N.C2H6/c1-15(31)30-9-7-16-10-19(12-30)33-24-22(16)23(27-14-28-24)29-17-5-6-21(20(25)11-17)32-13-18-4-2-3-8-26-18;1-4-5-6-7-8(2)3;1-2/h2-6,8,11,14,16,19H,7,9-10,12-13H2,1H3,(H,27,28,29);4-5H,6-7H2,1-3H3;1-2H3/b;5-4+;. The van der Waals surface area contributed by atoms with Crippen molar-refractivity contribution in [3.05, 3.63) is 77.4 Å². The highest BCUT2D eigenvalue weighted by molar-refractivity contribution is 8.00. The van der Waals surface area contributed by atoms with Gasteiger partial charge in [-0.1, -0.05) is 43.7 Å². The summed E-state index contributed by atoms with van der Waals surface area (Å²) in [7, 11) is 4.17. The van der Waals surface area contributed by atoms with Gasteiger partial charge in [0.1, 0.15) is 29.5 Å². The smallest absolute Gasteiger partial charge is 0.219 e. The summed E-state index contributed by atoms with van der Waals surface area (Å²) in [5, 5.41) is 5.31. The number of aromatic nitrogens is 3. The molecule has 2 atom stereocenters. The molecule has 5 rings (SSSR count). The summed E-state index contributed by atoms with van der Waals surface area (Å²) in [5.41, 5.74) is 2.80. The van der Waals surface area contributed by atoms with Crippen molar-refractivity contribution in [2.24, 2.45) is 0 Å². The summed E-state index contributed by atoms with van der Waals surface area (Å²) >= 11 is 8.24. The quantitative estimate of drug-likeness (QED) is 0.203. The molecule has 8 nitrogen and oxygen atoms in total. The van der Waals surface area contributed by atoms with Gasteiger partial charge >= 0.3 is 0 Å². The van der Waals surface area contributed by atoms with Crippen LogP contribution in [0.3, 0.4) is 0 Å². The number of carbonyl (C=O) groups excluding carboxylic acids is 1. The Balaban J connectivity index is 0.000000441. The van der Waals surface area contributed by atoms with E-state index >= 15 is 0 Å². The number of hydrogen-bond acceptors (Lipinski definition) is 8. The van der Waals surface area contributed by atoms with Crippen LogP contribution in [-0.4, -0.2) is 69.6 Å². The SMILES string of the molecule is C/C=C/CCN(C)C.CC.CC(=O)N1CCC2CC(C1)Sc1ncnc(Nc3ccc(OCc4ccccn4)c(Cl)c3)c12. The second-order valence-electron chi connectivity index (χ2n) is 10.4. The van der Waals surface area contributed by atoms with Crippen molar-refractivity contribution in [1.29, 1.82) is 0 Å². The number of fused-ring (bicyclic) bond motifs is 4. The molecule has 0 saturated carbocycles. The number of allylic oxidation sites excluding steroid dienone is 1. The largest absolute Gasteiger partial charge is 0.486 e. The number of likely N-dealkylation sites (tertiary alicyclic amines) is 1. The molecule has 2 unspecified atom stereocenters. The maximum absolute atomic E-state index is 12.0. The van der Waals surface area contributed by atoms with Crippen molar-refractivity contribution in [3.8, 4) is 5.75 Å². The van der Waals surface area contributed by atoms with Crippen molar-refractivity contribution in [2.75, 3.05) is 39.0 Å². The van der Waals surface area contributed by atoms with Crippen LogP contribution in [0.5, 0.6) is 5.75 Å². The van der Waals surface area contributed by atoms with Gasteiger partial charge in [0.05, 0.1) is 10.7 Å². The van der Waals surface area contributed by atoms with E-state index in [2.05, 4.69) is 58.3 Å². The van der Waals surface area contributed by atoms with Crippen molar-refractivity contribution < 1.29 is 9.53 Å². The highest BCUT2D eigenvalue weighted by Gasteiger charge is 2.35. The van der Waals surface area contributed by atoms with Crippen LogP contribution in [0.2, 0.25) is 5.02 Å². The zero-order valence-corrected chi connectivity index (χ0v) is 27.8. The van der Waals surface area contributed by atoms with Crippen LogP contribution in [0.15, 0.2) is 66.1 Å². The lowest BCUT2D eigenvalue weighted by Crippen LogP contribution is -2.33. The van der Waals surface area contributed by atoms with E-state index < -0.39 is 0 Å². The molecule has 10 heteroatoms. The van der Waals surface area contributed by atoms with Gasteiger partial charge in [-0.05, 0) is 76.5 Å². The number of carbonyl (C=O) groups is 1. The Labute approximate surface area is 266 Å². The van der Waals surface area contributed by atoms with Gasteiger partial charge in [-0.3, -0.25) is 9.78 Å². The Morgan fingerprint density at radius 3 is 2.70 bits per heavy atom. The molecule has 2 bridgehead atoms. The summed E-state index contributed by atoms with van der Waals surface area (Å²) in [4.78, 5) is 29.5. The number of nitrogens with one attached hydrogen (secondary N) is 1. The van der Waals surface area contributed by atoms with E-state index in [1.807, 2.05) is 55.1 Å². The van der Waals surface area contributed by atoms with Crippen LogP contribution in [0.4, 0.5) is 11.5 Å². The molecular weight excluding hydrogens is 580 g/mol. The monoisotopic (exact) mass is 624 g/mol. The van der Waals surface area contributed by atoms with Crippen LogP contribution >= 0.6 is 23.4 Å². The molecule has 1 saturated heterocycles. The third-order valence-corrected chi connectivity index (χ3v) is 8.49. The molecule has 2 aliphatic heterocycles. The zero-order valence-electron chi connectivity index (χ0n) is 26.2. The van der Waals surface area contributed by atoms with E-state index in [1.165, 1.54) is 6.42 Å². The van der Waals surface area contributed by atoms with E-state index in [0.29, 0.717) is 28.5 Å². The lowest BCUT2D eigenvalue weighted by atomic mass is 9.92. The third kappa shape index (κ3) is 10.5. The van der Waals surface area contributed by atoms with E-state index in [1.54, 1.807) is 31.2 Å². The number of halogens is 1. The van der Waals surface area contributed by atoms with Gasteiger partial charge in [-0.25, -0.2) is 9.97 Å². The fourth-order valence-electron chi connectivity index (χ4n) is 4.86. The van der Waals surface area contributed by atoms with Crippen molar-refractivity contribution in [2.45, 2.75) is 69.8 Å². The average molecular weight is 625 g/mol. The highest BCUT2D eigenvalue weighted by Crippen LogP contribution is 2.47. The van der Waals surface area contributed by atoms with Crippen molar-refractivity contribution in [3.63, 3.8) is 0 Å². The molecule has 1 aromatic carbocycles. The lowest BCUT2D eigenvalue weighted by Gasteiger charge is -2.29. The van der Waals surface area contributed by atoms with Gasteiger partial charge < -0.3 is 19.9 Å². The Morgan fingerprint density at radius 1 is 1.21 bits per heavy atom. The second kappa shape index (κ2) is 17.9. The molecule has 1 amide bonds. The number of nitrogens with zero attached hydrogens (tertiary/aromatic N) is 5. The van der Waals surface area contributed by atoms with Crippen molar-refractivity contribution in [1.82, 2.24) is 24.8 Å². The molecule has 43 heavy (non-hydrogen) atoms. The molecule has 0 aliphatic carbocycles. The number of amides is 1. The van der Waals surface area contributed by atoms with Crippen molar-refractivity contribution >= 4 is 40.8 Å². The summed E-state index contributed by atoms with van der Waals surface area (Å²) in [5.74, 6) is 1.85.